The van der Waals surface area contributed by atoms with Gasteiger partial charge < -0.3 is 5.11 Å². The second-order valence-electron chi connectivity index (χ2n) is 4.29. The Balaban J connectivity index is 2.52. The fraction of sp³-hybridized carbons (Fsp3) is 0.429. The van der Waals surface area contributed by atoms with Crippen molar-refractivity contribution in [3.05, 3.63) is 34.6 Å². The van der Waals surface area contributed by atoms with Gasteiger partial charge in [-0.25, -0.2) is 4.98 Å². The molecule has 0 radical (unpaired) electrons. The molecular weight excluding hydrogens is 260 g/mol. The quantitative estimate of drug-likeness (QED) is 0.650. The molecule has 0 amide bonds. The van der Waals surface area contributed by atoms with Crippen molar-refractivity contribution in [1.29, 1.82) is 0 Å². The van der Waals surface area contributed by atoms with Crippen LogP contribution in [-0.4, -0.2) is 27.0 Å². The number of hydrogen-bond acceptors (Lipinski definition) is 4. The van der Waals surface area contributed by atoms with Crippen molar-refractivity contribution in [3.8, 4) is 0 Å². The first-order valence-corrected chi connectivity index (χ1v) is 7.49. The molecule has 0 unspecified atom stereocenters. The molecule has 0 aliphatic carbocycles. The van der Waals surface area contributed by atoms with E-state index in [1.165, 1.54) is 0 Å². The second-order valence-corrected chi connectivity index (χ2v) is 5.36. The highest BCUT2D eigenvalue weighted by Crippen LogP contribution is 2.18. The van der Waals surface area contributed by atoms with Gasteiger partial charge in [-0.1, -0.05) is 30.8 Å². The van der Waals surface area contributed by atoms with E-state index in [-0.39, 0.29) is 12.2 Å². The molecule has 0 spiro atoms. The number of rotatable bonds is 6. The minimum atomic E-state index is -0.0161. The maximum absolute atomic E-state index is 12.4. The standard InChI is InChI=1S/C14H18N2O2S/c1-2-10-19-14-15-12-7-4-3-6-11(12)13(18)16(14)8-5-9-17/h3-4,6-7,17H,2,5,8-10H2,1H3. The topological polar surface area (TPSA) is 55.1 Å². The van der Waals surface area contributed by atoms with Crippen LogP contribution in [-0.2, 0) is 6.54 Å². The Labute approximate surface area is 116 Å². The molecule has 2 aromatic rings. The third-order valence-electron chi connectivity index (χ3n) is 2.80. The number of hydrogen-bond donors (Lipinski definition) is 1. The fourth-order valence-electron chi connectivity index (χ4n) is 1.88. The van der Waals surface area contributed by atoms with Crippen LogP contribution in [0.3, 0.4) is 0 Å². The molecule has 0 saturated heterocycles. The molecule has 0 fully saturated rings. The molecule has 0 bridgehead atoms. The van der Waals surface area contributed by atoms with Crippen molar-refractivity contribution in [3.63, 3.8) is 0 Å². The molecule has 1 N–H and O–H groups in total. The molecule has 19 heavy (non-hydrogen) atoms. The zero-order valence-electron chi connectivity index (χ0n) is 11.0. The van der Waals surface area contributed by atoms with Crippen molar-refractivity contribution in [2.24, 2.45) is 0 Å². The number of aliphatic hydroxyl groups is 1. The van der Waals surface area contributed by atoms with E-state index >= 15 is 0 Å². The minimum absolute atomic E-state index is 0.0161. The van der Waals surface area contributed by atoms with Gasteiger partial charge in [0.25, 0.3) is 5.56 Å². The lowest BCUT2D eigenvalue weighted by atomic mass is 10.2. The Bertz CT molecular complexity index is 610. The van der Waals surface area contributed by atoms with Crippen molar-refractivity contribution in [2.75, 3.05) is 12.4 Å². The Morgan fingerprint density at radius 3 is 2.89 bits per heavy atom. The summed E-state index contributed by atoms with van der Waals surface area (Å²) in [7, 11) is 0. The van der Waals surface area contributed by atoms with Crippen molar-refractivity contribution in [2.45, 2.75) is 31.5 Å². The molecule has 1 heterocycles. The van der Waals surface area contributed by atoms with Crippen LogP contribution in [0.4, 0.5) is 0 Å². The third-order valence-corrected chi connectivity index (χ3v) is 3.98. The Morgan fingerprint density at radius 1 is 1.37 bits per heavy atom. The average molecular weight is 278 g/mol. The van der Waals surface area contributed by atoms with Crippen LogP contribution in [0.1, 0.15) is 19.8 Å². The summed E-state index contributed by atoms with van der Waals surface area (Å²) >= 11 is 1.60. The highest BCUT2D eigenvalue weighted by molar-refractivity contribution is 7.99. The monoisotopic (exact) mass is 278 g/mol. The van der Waals surface area contributed by atoms with Gasteiger partial charge in [0.2, 0.25) is 0 Å². The summed E-state index contributed by atoms with van der Waals surface area (Å²) in [6.45, 7) is 2.70. The van der Waals surface area contributed by atoms with Crippen LogP contribution in [0.25, 0.3) is 10.9 Å². The number of fused-ring (bicyclic) bond motifs is 1. The molecule has 0 aliphatic rings. The maximum atomic E-state index is 12.4. The van der Waals surface area contributed by atoms with Crippen LogP contribution in [0.5, 0.6) is 0 Å². The number of aliphatic hydroxyl groups excluding tert-OH is 1. The summed E-state index contributed by atoms with van der Waals surface area (Å²) in [5.74, 6) is 0.934. The minimum Gasteiger partial charge on any atom is -0.396 e. The molecule has 0 aliphatic heterocycles. The Morgan fingerprint density at radius 2 is 2.16 bits per heavy atom. The molecule has 0 saturated carbocycles. The molecule has 1 aromatic heterocycles. The lowest BCUT2D eigenvalue weighted by molar-refractivity contribution is 0.276. The summed E-state index contributed by atoms with van der Waals surface area (Å²) in [5, 5.41) is 10.3. The molecule has 2 rings (SSSR count). The van der Waals surface area contributed by atoms with E-state index in [0.717, 1.165) is 22.8 Å². The normalized spacial score (nSPS) is 11.1. The zero-order valence-corrected chi connectivity index (χ0v) is 11.8. The molecule has 102 valence electrons. The van der Waals surface area contributed by atoms with Crippen LogP contribution < -0.4 is 5.56 Å². The fourth-order valence-corrected chi connectivity index (χ4v) is 2.76. The second kappa shape index (κ2) is 6.73. The smallest absolute Gasteiger partial charge is 0.262 e. The van der Waals surface area contributed by atoms with Crippen molar-refractivity contribution < 1.29 is 5.11 Å². The summed E-state index contributed by atoms with van der Waals surface area (Å²) in [5.41, 5.74) is 0.726. The first-order valence-electron chi connectivity index (χ1n) is 6.51. The predicted molar refractivity (Wildman–Crippen MR) is 78.7 cm³/mol. The van der Waals surface area contributed by atoms with E-state index in [0.29, 0.717) is 18.4 Å². The Hall–Kier alpha value is -1.33. The van der Waals surface area contributed by atoms with E-state index < -0.39 is 0 Å². The van der Waals surface area contributed by atoms with Crippen molar-refractivity contribution in [1.82, 2.24) is 9.55 Å². The SMILES string of the molecule is CCCSc1nc2ccccc2c(=O)n1CCCO. The van der Waals surface area contributed by atoms with Crippen molar-refractivity contribution >= 4 is 22.7 Å². The first kappa shape index (κ1) is 14.1. The first-order chi connectivity index (χ1) is 9.27. The van der Waals surface area contributed by atoms with Gasteiger partial charge in [0.05, 0.1) is 10.9 Å². The highest BCUT2D eigenvalue weighted by atomic mass is 32.2. The van der Waals surface area contributed by atoms with E-state index in [9.17, 15) is 4.79 Å². The summed E-state index contributed by atoms with van der Waals surface area (Å²) in [6, 6.07) is 7.40. The largest absolute Gasteiger partial charge is 0.396 e. The highest BCUT2D eigenvalue weighted by Gasteiger charge is 2.10. The zero-order chi connectivity index (χ0) is 13.7. The van der Waals surface area contributed by atoms with Gasteiger partial charge in [0.15, 0.2) is 5.16 Å². The van der Waals surface area contributed by atoms with Gasteiger partial charge in [-0.3, -0.25) is 9.36 Å². The van der Waals surface area contributed by atoms with Gasteiger partial charge >= 0.3 is 0 Å². The predicted octanol–water partition coefficient (Wildman–Crippen LogP) is 2.28. The van der Waals surface area contributed by atoms with Crippen LogP contribution in [0.15, 0.2) is 34.2 Å². The van der Waals surface area contributed by atoms with Gasteiger partial charge in [0.1, 0.15) is 0 Å². The summed E-state index contributed by atoms with van der Waals surface area (Å²) < 4.78 is 1.68. The Kier molecular flexibility index (Phi) is 4.99. The number of thioether (sulfide) groups is 1. The van der Waals surface area contributed by atoms with Gasteiger partial charge in [-0.15, -0.1) is 0 Å². The summed E-state index contributed by atoms with van der Waals surface area (Å²) in [6.07, 6.45) is 1.60. The van der Waals surface area contributed by atoms with Crippen LogP contribution >= 0.6 is 11.8 Å². The molecule has 1 aromatic carbocycles. The number of para-hydroxylation sites is 1. The van der Waals surface area contributed by atoms with E-state index in [2.05, 4.69) is 11.9 Å². The number of benzene rings is 1. The van der Waals surface area contributed by atoms with Gasteiger partial charge in [-0.05, 0) is 25.0 Å². The molecular formula is C14H18N2O2S. The van der Waals surface area contributed by atoms with Gasteiger partial charge in [-0.2, -0.15) is 0 Å². The maximum Gasteiger partial charge on any atom is 0.262 e. The van der Waals surface area contributed by atoms with Crippen LogP contribution in [0.2, 0.25) is 0 Å². The average Bonchev–Trinajstić information content (AvgIpc) is 2.44. The number of aromatic nitrogens is 2. The van der Waals surface area contributed by atoms with E-state index in [1.807, 2.05) is 18.2 Å². The summed E-state index contributed by atoms with van der Waals surface area (Å²) in [4.78, 5) is 17.0. The van der Waals surface area contributed by atoms with Crippen LogP contribution in [0, 0.1) is 0 Å². The molecule has 4 nitrogen and oxygen atoms in total. The third kappa shape index (κ3) is 3.16. The molecule has 0 atom stereocenters. The lowest BCUT2D eigenvalue weighted by Gasteiger charge is -2.12. The molecule has 5 heteroatoms. The number of nitrogens with zero attached hydrogens (tertiary/aromatic N) is 2. The van der Waals surface area contributed by atoms with E-state index in [4.69, 9.17) is 5.11 Å². The lowest BCUT2D eigenvalue weighted by Crippen LogP contribution is -2.24. The van der Waals surface area contributed by atoms with Gasteiger partial charge in [0, 0.05) is 18.9 Å². The van der Waals surface area contributed by atoms with E-state index in [1.54, 1.807) is 22.4 Å².